The van der Waals surface area contributed by atoms with Gasteiger partial charge in [-0.15, -0.1) is 0 Å². The van der Waals surface area contributed by atoms with Crippen molar-refractivity contribution in [1.29, 1.82) is 0 Å². The Hall–Kier alpha value is -3.52. The topological polar surface area (TPSA) is 80.0 Å². The van der Waals surface area contributed by atoms with Gasteiger partial charge in [0.1, 0.15) is 5.82 Å². The van der Waals surface area contributed by atoms with Crippen molar-refractivity contribution >= 4 is 40.4 Å². The molecule has 0 unspecified atom stereocenters. The second-order valence-corrected chi connectivity index (χ2v) is 9.11. The first-order chi connectivity index (χ1) is 16.1. The number of piperidine rings is 1. The zero-order chi connectivity index (χ0) is 22.5. The van der Waals surface area contributed by atoms with Crippen LogP contribution in [0.25, 0.3) is 16.7 Å². The Morgan fingerprint density at radius 3 is 2.76 bits per heavy atom. The molecule has 2 atom stereocenters. The maximum absolute atomic E-state index is 12.2. The molecule has 33 heavy (non-hydrogen) atoms. The number of rotatable bonds is 4. The molecular weight excluding hydrogens is 438 g/mol. The van der Waals surface area contributed by atoms with Gasteiger partial charge in [-0.1, -0.05) is 17.7 Å². The van der Waals surface area contributed by atoms with Crippen LogP contribution in [-0.2, 0) is 0 Å². The monoisotopic (exact) mass is 459 g/mol. The lowest BCUT2D eigenvalue weighted by atomic mass is 9.81. The Kier molecular flexibility index (Phi) is 4.76. The highest BCUT2D eigenvalue weighted by atomic mass is 35.5. The average molecular weight is 460 g/mol. The number of aromatic nitrogens is 5. The highest BCUT2D eigenvalue weighted by Gasteiger charge is 2.44. The van der Waals surface area contributed by atoms with Gasteiger partial charge in [0, 0.05) is 30.6 Å². The third-order valence-electron chi connectivity index (χ3n) is 6.80. The molecule has 6 rings (SSSR count). The van der Waals surface area contributed by atoms with Gasteiger partial charge < -0.3 is 9.80 Å². The summed E-state index contributed by atoms with van der Waals surface area (Å²) in [7, 11) is 0. The van der Waals surface area contributed by atoms with Crippen molar-refractivity contribution in [1.82, 2.24) is 25.0 Å². The van der Waals surface area contributed by atoms with Crippen LogP contribution in [0.15, 0.2) is 48.9 Å². The number of aldehydes is 1. The predicted molar refractivity (Wildman–Crippen MR) is 127 cm³/mol. The fourth-order valence-corrected chi connectivity index (χ4v) is 5.30. The van der Waals surface area contributed by atoms with Gasteiger partial charge >= 0.3 is 0 Å². The van der Waals surface area contributed by atoms with E-state index in [1.165, 1.54) is 4.80 Å². The molecule has 0 N–H and O–H groups in total. The third kappa shape index (κ3) is 3.33. The molecule has 0 aliphatic carbocycles. The summed E-state index contributed by atoms with van der Waals surface area (Å²) in [6, 6.07) is 9.85. The van der Waals surface area contributed by atoms with Crippen LogP contribution in [0, 0.1) is 12.8 Å². The molecule has 4 heterocycles. The first-order valence-electron chi connectivity index (χ1n) is 11.0. The lowest BCUT2D eigenvalue weighted by molar-refractivity contribution is 0.112. The molecule has 2 aromatic heterocycles. The molecular formula is C24H22ClN7O. The van der Waals surface area contributed by atoms with Gasteiger partial charge in [-0.05, 0) is 43.2 Å². The Morgan fingerprint density at radius 2 is 1.94 bits per heavy atom. The standard InChI is InChI=1S/C24H22ClN7O/c1-15-2-5-21(32-27-7-8-28-32)18(14-33)24(15)30-9-6-16-12-31(22(16)13-30)23-11-26-20-10-17(25)3-4-19(20)29-23/h2-5,7-8,10-11,14,16,22H,6,9,12-13H2,1H3/t16-,22-/m1/s1. The first kappa shape index (κ1) is 20.1. The molecule has 2 aliphatic rings. The number of fused-ring (bicyclic) bond motifs is 2. The number of hydrogen-bond acceptors (Lipinski definition) is 7. The van der Waals surface area contributed by atoms with Gasteiger partial charge in [-0.25, -0.2) is 4.98 Å². The summed E-state index contributed by atoms with van der Waals surface area (Å²) in [5, 5.41) is 9.11. The smallest absolute Gasteiger partial charge is 0.154 e. The molecule has 0 radical (unpaired) electrons. The molecule has 2 fully saturated rings. The number of halogens is 1. The number of anilines is 2. The summed E-state index contributed by atoms with van der Waals surface area (Å²) in [5.74, 6) is 1.50. The van der Waals surface area contributed by atoms with Crippen LogP contribution in [0.4, 0.5) is 11.5 Å². The summed E-state index contributed by atoms with van der Waals surface area (Å²) >= 11 is 6.09. The summed E-state index contributed by atoms with van der Waals surface area (Å²) in [6.45, 7) is 4.76. The number of aryl methyl sites for hydroxylation is 1. The van der Waals surface area contributed by atoms with Crippen LogP contribution in [0.2, 0.25) is 5.02 Å². The fourth-order valence-electron chi connectivity index (χ4n) is 5.13. The van der Waals surface area contributed by atoms with Crippen molar-refractivity contribution in [3.63, 3.8) is 0 Å². The zero-order valence-electron chi connectivity index (χ0n) is 18.1. The van der Waals surface area contributed by atoms with Gasteiger partial charge in [0.25, 0.3) is 0 Å². The molecule has 4 aromatic rings. The zero-order valence-corrected chi connectivity index (χ0v) is 18.9. The van der Waals surface area contributed by atoms with E-state index in [4.69, 9.17) is 16.6 Å². The van der Waals surface area contributed by atoms with Crippen molar-refractivity contribution in [3.05, 3.63) is 65.1 Å². The normalized spacial score (nSPS) is 19.9. The fraction of sp³-hybridized carbons (Fsp3) is 0.292. The number of benzene rings is 2. The molecule has 166 valence electrons. The van der Waals surface area contributed by atoms with Crippen molar-refractivity contribution in [2.75, 3.05) is 29.4 Å². The highest BCUT2D eigenvalue weighted by molar-refractivity contribution is 6.31. The second-order valence-electron chi connectivity index (χ2n) is 8.68. The summed E-state index contributed by atoms with van der Waals surface area (Å²) in [4.78, 5) is 27.8. The number of hydrogen-bond donors (Lipinski definition) is 0. The number of nitrogens with zero attached hydrogens (tertiary/aromatic N) is 7. The quantitative estimate of drug-likeness (QED) is 0.430. The predicted octanol–water partition coefficient (Wildman–Crippen LogP) is 3.70. The molecule has 0 bridgehead atoms. The van der Waals surface area contributed by atoms with E-state index < -0.39 is 0 Å². The minimum Gasteiger partial charge on any atom is -0.369 e. The lowest BCUT2D eigenvalue weighted by Crippen LogP contribution is -2.65. The molecule has 2 saturated heterocycles. The van der Waals surface area contributed by atoms with Gasteiger partial charge in [-0.2, -0.15) is 15.0 Å². The number of carbonyl (C=O) groups is 1. The highest BCUT2D eigenvalue weighted by Crippen LogP contribution is 2.39. The van der Waals surface area contributed by atoms with E-state index in [0.29, 0.717) is 28.2 Å². The molecule has 0 spiro atoms. The average Bonchev–Trinajstić information content (AvgIpc) is 3.34. The van der Waals surface area contributed by atoms with Crippen LogP contribution < -0.4 is 9.80 Å². The van der Waals surface area contributed by atoms with E-state index in [1.807, 2.05) is 43.5 Å². The summed E-state index contributed by atoms with van der Waals surface area (Å²) in [6.07, 6.45) is 7.06. The van der Waals surface area contributed by atoms with Gasteiger partial charge in [0.15, 0.2) is 6.29 Å². The summed E-state index contributed by atoms with van der Waals surface area (Å²) < 4.78 is 0. The minimum atomic E-state index is 0.322. The Balaban J connectivity index is 1.31. The van der Waals surface area contributed by atoms with E-state index in [9.17, 15) is 4.79 Å². The van der Waals surface area contributed by atoms with Gasteiger partial charge in [-0.3, -0.25) is 9.78 Å². The first-order valence-corrected chi connectivity index (χ1v) is 11.4. The molecule has 8 nitrogen and oxygen atoms in total. The molecule has 2 aromatic carbocycles. The van der Waals surface area contributed by atoms with Crippen molar-refractivity contribution in [3.8, 4) is 5.69 Å². The van der Waals surface area contributed by atoms with Crippen LogP contribution in [-0.4, -0.2) is 56.9 Å². The van der Waals surface area contributed by atoms with E-state index in [1.54, 1.807) is 12.4 Å². The van der Waals surface area contributed by atoms with E-state index >= 15 is 0 Å². The molecule has 2 aliphatic heterocycles. The van der Waals surface area contributed by atoms with E-state index in [0.717, 1.165) is 60.4 Å². The van der Waals surface area contributed by atoms with E-state index in [2.05, 4.69) is 25.0 Å². The maximum Gasteiger partial charge on any atom is 0.154 e. The van der Waals surface area contributed by atoms with Gasteiger partial charge in [0.2, 0.25) is 0 Å². The van der Waals surface area contributed by atoms with Crippen LogP contribution >= 0.6 is 11.6 Å². The van der Waals surface area contributed by atoms with Crippen LogP contribution in [0.1, 0.15) is 22.3 Å². The SMILES string of the molecule is Cc1ccc(-n2nccn2)c(C=O)c1N1CC[C@@H]2CN(c3cnc4cc(Cl)ccc4n3)[C@@H]2C1. The molecule has 0 saturated carbocycles. The molecule has 9 heteroatoms. The Bertz CT molecular complexity index is 1360. The Morgan fingerprint density at radius 1 is 1.09 bits per heavy atom. The third-order valence-corrected chi connectivity index (χ3v) is 7.04. The lowest BCUT2D eigenvalue weighted by Gasteiger charge is -2.54. The van der Waals surface area contributed by atoms with Crippen LogP contribution in [0.3, 0.4) is 0 Å². The number of carbonyl (C=O) groups excluding carboxylic acids is 1. The van der Waals surface area contributed by atoms with Crippen molar-refractivity contribution < 1.29 is 4.79 Å². The van der Waals surface area contributed by atoms with Gasteiger partial charge in [0.05, 0.1) is 52.6 Å². The van der Waals surface area contributed by atoms with Crippen molar-refractivity contribution in [2.45, 2.75) is 19.4 Å². The van der Waals surface area contributed by atoms with Crippen molar-refractivity contribution in [2.24, 2.45) is 5.92 Å². The largest absolute Gasteiger partial charge is 0.369 e. The molecule has 0 amide bonds. The second kappa shape index (κ2) is 7.81. The summed E-state index contributed by atoms with van der Waals surface area (Å²) in [5.41, 5.74) is 4.99. The van der Waals surface area contributed by atoms with Crippen LogP contribution in [0.5, 0.6) is 0 Å². The van der Waals surface area contributed by atoms with E-state index in [-0.39, 0.29) is 0 Å². The maximum atomic E-state index is 12.2. The Labute approximate surface area is 195 Å². The minimum absolute atomic E-state index is 0.322.